The average molecular weight is 507 g/mol. The summed E-state index contributed by atoms with van der Waals surface area (Å²) in [6.45, 7) is 3.85. The number of hydrogen-bond donors (Lipinski definition) is 0. The van der Waals surface area contributed by atoms with E-state index < -0.39 is 21.8 Å². The van der Waals surface area contributed by atoms with E-state index in [-0.39, 0.29) is 11.1 Å². The molecular formula is C34H34NOSi+. The number of aryl methyl sites for hydroxylation is 4. The van der Waals surface area contributed by atoms with Crippen LogP contribution in [0.15, 0.2) is 83.4 Å². The average Bonchev–Trinajstić information content (AvgIpc) is 3.30. The van der Waals surface area contributed by atoms with Crippen LogP contribution in [0.3, 0.4) is 0 Å². The van der Waals surface area contributed by atoms with Crippen LogP contribution in [0.4, 0.5) is 0 Å². The lowest BCUT2D eigenvalue weighted by Crippen LogP contribution is -2.37. The number of pyridine rings is 1. The van der Waals surface area contributed by atoms with Crippen LogP contribution in [0.25, 0.3) is 55.1 Å². The lowest BCUT2D eigenvalue weighted by atomic mass is 9.97. The van der Waals surface area contributed by atoms with E-state index in [9.17, 15) is 0 Å². The third kappa shape index (κ3) is 3.89. The maximum Gasteiger partial charge on any atom is 0.216 e. The summed E-state index contributed by atoms with van der Waals surface area (Å²) in [5.74, 6) is 0. The lowest BCUT2D eigenvalue weighted by molar-refractivity contribution is -0.660. The molecule has 0 saturated carbocycles. The normalized spacial score (nSPS) is 15.3. The second kappa shape index (κ2) is 8.42. The molecule has 0 saturated heterocycles. The Labute approximate surface area is 228 Å². The van der Waals surface area contributed by atoms with Crippen molar-refractivity contribution in [2.75, 3.05) is 0 Å². The van der Waals surface area contributed by atoms with Gasteiger partial charge in [-0.05, 0) is 66.5 Å². The summed E-state index contributed by atoms with van der Waals surface area (Å²) < 4.78 is 56.4. The number of fused-ring (bicyclic) bond motifs is 5. The Balaban J connectivity index is 1.54. The van der Waals surface area contributed by atoms with Crippen LogP contribution in [0.1, 0.15) is 24.9 Å². The van der Waals surface area contributed by atoms with Gasteiger partial charge >= 0.3 is 0 Å². The number of furan rings is 1. The lowest BCUT2D eigenvalue weighted by Gasteiger charge is -2.16. The molecule has 0 N–H and O–H groups in total. The molecule has 0 aliphatic rings. The minimum Gasteiger partial charge on any atom is -0.454 e. The monoisotopic (exact) mass is 506 g/mol. The summed E-state index contributed by atoms with van der Waals surface area (Å²) in [4.78, 5) is 0. The van der Waals surface area contributed by atoms with Crippen molar-refractivity contribution in [3.63, 3.8) is 0 Å². The summed E-state index contributed by atoms with van der Waals surface area (Å²) in [6.07, 6.45) is 1.41. The Bertz CT molecular complexity index is 2050. The van der Waals surface area contributed by atoms with Gasteiger partial charge in [-0.1, -0.05) is 73.4 Å². The fourth-order valence-corrected chi connectivity index (χ4v) is 6.45. The van der Waals surface area contributed by atoms with Crippen molar-refractivity contribution in [2.24, 2.45) is 7.05 Å². The smallest absolute Gasteiger partial charge is 0.216 e. The van der Waals surface area contributed by atoms with Gasteiger partial charge in [-0.25, -0.2) is 4.57 Å². The minimum absolute atomic E-state index is 0.176. The van der Waals surface area contributed by atoms with Crippen LogP contribution in [0, 0.1) is 20.6 Å². The number of nitrogens with zero attached hydrogens (tertiary/aromatic N) is 1. The third-order valence-electron chi connectivity index (χ3n) is 7.45. The number of hydrogen-bond acceptors (Lipinski definition) is 1. The largest absolute Gasteiger partial charge is 0.454 e. The predicted octanol–water partition coefficient (Wildman–Crippen LogP) is 8.37. The summed E-state index contributed by atoms with van der Waals surface area (Å²) in [5, 5.41) is 5.37. The molecule has 0 radical (unpaired) electrons. The van der Waals surface area contributed by atoms with E-state index in [1.165, 1.54) is 23.0 Å². The van der Waals surface area contributed by atoms with Crippen molar-refractivity contribution in [3.8, 4) is 22.4 Å². The molecule has 0 fully saturated rings. The van der Waals surface area contributed by atoms with Crippen LogP contribution in [-0.4, -0.2) is 8.07 Å². The first kappa shape index (κ1) is 17.7. The molecule has 184 valence electrons. The Morgan fingerprint density at radius 1 is 0.703 bits per heavy atom. The van der Waals surface area contributed by atoms with E-state index in [0.717, 1.165) is 43.8 Å². The van der Waals surface area contributed by atoms with Gasteiger partial charge in [-0.3, -0.25) is 0 Å². The van der Waals surface area contributed by atoms with Crippen LogP contribution in [-0.2, 0) is 7.05 Å². The van der Waals surface area contributed by atoms with Crippen molar-refractivity contribution in [1.29, 1.82) is 0 Å². The van der Waals surface area contributed by atoms with Gasteiger partial charge in [-0.15, -0.1) is 0 Å². The zero-order chi connectivity index (χ0) is 31.1. The Morgan fingerprint density at radius 2 is 1.38 bits per heavy atom. The summed E-state index contributed by atoms with van der Waals surface area (Å²) in [7, 11) is 0.362. The van der Waals surface area contributed by atoms with Gasteiger partial charge in [0.2, 0.25) is 5.69 Å². The van der Waals surface area contributed by atoms with Gasteiger partial charge < -0.3 is 4.42 Å². The molecule has 2 aromatic heterocycles. The van der Waals surface area contributed by atoms with Crippen molar-refractivity contribution in [3.05, 3.63) is 95.7 Å². The Kier molecular flexibility index (Phi) is 4.03. The number of benzene rings is 4. The highest BCUT2D eigenvalue weighted by atomic mass is 28.3. The van der Waals surface area contributed by atoms with Gasteiger partial charge in [0.05, 0.1) is 13.6 Å². The molecule has 2 heterocycles. The standard InChI is InChI=1S/C34H34NOSi/c1-21-8-15-30-29-17-12-26-19-25(24-9-13-27(14-10-24)37(5,6)7)11-16-28(26)33(29)36-34(30)32(21)31-18-22(2)23(3)20-35(31)4/h8-20H,1-7H3/q+1/i2D3,3D3. The highest BCUT2D eigenvalue weighted by Gasteiger charge is 2.22. The first-order chi connectivity index (χ1) is 20.0. The van der Waals surface area contributed by atoms with E-state index >= 15 is 0 Å². The highest BCUT2D eigenvalue weighted by Crippen LogP contribution is 2.40. The summed E-state index contributed by atoms with van der Waals surface area (Å²) >= 11 is 0. The van der Waals surface area contributed by atoms with Gasteiger partial charge in [0.1, 0.15) is 18.2 Å². The first-order valence-corrected chi connectivity index (χ1v) is 16.1. The van der Waals surface area contributed by atoms with E-state index in [4.69, 9.17) is 12.6 Å². The Hall–Kier alpha value is -3.69. The van der Waals surface area contributed by atoms with E-state index in [2.05, 4.69) is 74.2 Å². The fourth-order valence-electron chi connectivity index (χ4n) is 5.28. The molecule has 3 heteroatoms. The molecule has 0 unspecified atom stereocenters. The molecule has 2 nitrogen and oxygen atoms in total. The van der Waals surface area contributed by atoms with Crippen molar-refractivity contribution >= 4 is 46.0 Å². The zero-order valence-electron chi connectivity index (χ0n) is 27.9. The maximum absolute atomic E-state index is 8.09. The van der Waals surface area contributed by atoms with E-state index in [1.807, 2.05) is 19.1 Å². The number of aromatic nitrogens is 1. The molecule has 0 amide bonds. The Morgan fingerprint density at radius 3 is 2.11 bits per heavy atom. The van der Waals surface area contributed by atoms with E-state index in [0.29, 0.717) is 11.3 Å². The molecule has 0 aliphatic carbocycles. The van der Waals surface area contributed by atoms with Crippen molar-refractivity contribution in [1.82, 2.24) is 0 Å². The highest BCUT2D eigenvalue weighted by molar-refractivity contribution is 6.88. The molecule has 6 aromatic rings. The number of rotatable bonds is 3. The van der Waals surface area contributed by atoms with Crippen LogP contribution >= 0.6 is 0 Å². The summed E-state index contributed by atoms with van der Waals surface area (Å²) in [6, 6.07) is 25.0. The molecule has 0 atom stereocenters. The minimum atomic E-state index is -2.59. The predicted molar refractivity (Wildman–Crippen MR) is 160 cm³/mol. The quantitative estimate of drug-likeness (QED) is 0.174. The molecular weight excluding hydrogens is 466 g/mol. The topological polar surface area (TPSA) is 17.0 Å². The van der Waals surface area contributed by atoms with Crippen LogP contribution < -0.4 is 9.75 Å². The molecule has 0 spiro atoms. The molecule has 37 heavy (non-hydrogen) atoms. The maximum atomic E-state index is 8.09. The van der Waals surface area contributed by atoms with Gasteiger partial charge in [0, 0.05) is 36.0 Å². The first-order valence-electron chi connectivity index (χ1n) is 15.6. The van der Waals surface area contributed by atoms with Crippen LogP contribution in [0.2, 0.25) is 19.6 Å². The molecule has 6 rings (SSSR count). The second-order valence-corrected chi connectivity index (χ2v) is 16.1. The van der Waals surface area contributed by atoms with Gasteiger partial charge in [0.15, 0.2) is 6.20 Å². The molecule has 4 aromatic carbocycles. The van der Waals surface area contributed by atoms with Crippen LogP contribution in [0.5, 0.6) is 0 Å². The molecule has 0 aliphatic heterocycles. The van der Waals surface area contributed by atoms with Gasteiger partial charge in [0.25, 0.3) is 0 Å². The van der Waals surface area contributed by atoms with Crippen molar-refractivity contribution < 1.29 is 17.2 Å². The molecule has 0 bridgehead atoms. The van der Waals surface area contributed by atoms with Gasteiger partial charge in [-0.2, -0.15) is 0 Å². The zero-order valence-corrected chi connectivity index (χ0v) is 22.9. The third-order valence-corrected chi connectivity index (χ3v) is 9.51. The van der Waals surface area contributed by atoms with Crippen molar-refractivity contribution in [2.45, 2.75) is 40.3 Å². The van der Waals surface area contributed by atoms with E-state index in [1.54, 1.807) is 11.6 Å². The SMILES string of the molecule is [2H]C([2H])([2H])c1cc(-c2c(C)ccc3c2oc2c4ccc(-c5ccc([Si](C)(C)C)cc5)cc4ccc32)[n+](C)cc1C([2H])([2H])[2H]. The second-order valence-electron chi connectivity index (χ2n) is 11.0. The summed E-state index contributed by atoms with van der Waals surface area (Å²) in [5.41, 5.74) is 5.58. The fraction of sp³-hybridized carbons (Fsp3) is 0.206.